The van der Waals surface area contributed by atoms with Crippen LogP contribution < -0.4 is 5.73 Å². The molecule has 2 aromatic rings. The van der Waals surface area contributed by atoms with Gasteiger partial charge in [-0.25, -0.2) is 4.98 Å². The lowest BCUT2D eigenvalue weighted by Gasteiger charge is -2.09. The first-order valence-electron chi connectivity index (χ1n) is 4.89. The Balaban J connectivity index is 2.69. The molecule has 0 atom stereocenters. The van der Waals surface area contributed by atoms with Crippen LogP contribution in [0.3, 0.4) is 0 Å². The van der Waals surface area contributed by atoms with Gasteiger partial charge in [-0.2, -0.15) is 0 Å². The van der Waals surface area contributed by atoms with Gasteiger partial charge in [0.2, 0.25) is 0 Å². The van der Waals surface area contributed by atoms with Gasteiger partial charge in [0, 0.05) is 22.9 Å². The molecule has 1 aromatic heterocycles. The monoisotopic (exact) mass is 300 g/mol. The molecule has 92 valence electrons. The fourth-order valence-electron chi connectivity index (χ4n) is 1.51. The molecule has 3 nitrogen and oxygen atoms in total. The summed E-state index contributed by atoms with van der Waals surface area (Å²) in [5.74, 6) is 0.265. The summed E-state index contributed by atoms with van der Waals surface area (Å²) in [7, 11) is 0. The van der Waals surface area contributed by atoms with E-state index in [2.05, 4.69) is 4.98 Å². The topological polar surface area (TPSA) is 56.0 Å². The maximum Gasteiger partial charge on any atom is 0.151 e. The number of aldehydes is 1. The van der Waals surface area contributed by atoms with E-state index in [9.17, 15) is 4.79 Å². The van der Waals surface area contributed by atoms with Gasteiger partial charge in [-0.15, -0.1) is 0 Å². The van der Waals surface area contributed by atoms with Crippen molar-refractivity contribution in [2.75, 3.05) is 5.73 Å². The fraction of sp³-hybridized carbons (Fsp3) is 0. The van der Waals surface area contributed by atoms with Crippen molar-refractivity contribution in [2.45, 2.75) is 0 Å². The number of pyridine rings is 1. The standard InChI is InChI=1S/C12H7Cl3N2O/c13-9-2-1-7(10(14)11(9)15)8-3-6(5-18)4-17-12(8)16/h1-5H,(H2,16,17). The highest BCUT2D eigenvalue weighted by atomic mass is 35.5. The summed E-state index contributed by atoms with van der Waals surface area (Å²) in [5, 5.41) is 0.871. The summed E-state index contributed by atoms with van der Waals surface area (Å²) in [5.41, 5.74) is 7.30. The molecular formula is C12H7Cl3N2O. The molecule has 0 unspecified atom stereocenters. The minimum Gasteiger partial charge on any atom is -0.383 e. The van der Waals surface area contributed by atoms with Crippen LogP contribution in [0, 0.1) is 0 Å². The maximum atomic E-state index is 10.7. The molecule has 6 heteroatoms. The molecule has 0 aliphatic rings. The second-order valence-electron chi connectivity index (χ2n) is 3.54. The Bertz CT molecular complexity index is 629. The van der Waals surface area contributed by atoms with Crippen LogP contribution in [0.5, 0.6) is 0 Å². The molecule has 0 radical (unpaired) electrons. The Morgan fingerprint density at radius 2 is 1.83 bits per heavy atom. The fourth-order valence-corrected chi connectivity index (χ4v) is 2.14. The van der Waals surface area contributed by atoms with Gasteiger partial charge in [-0.1, -0.05) is 40.9 Å². The number of hydrogen-bond acceptors (Lipinski definition) is 3. The normalized spacial score (nSPS) is 10.4. The van der Waals surface area contributed by atoms with Crippen LogP contribution >= 0.6 is 34.8 Å². The molecule has 2 N–H and O–H groups in total. The highest BCUT2D eigenvalue weighted by Gasteiger charge is 2.13. The molecule has 1 heterocycles. The van der Waals surface area contributed by atoms with Gasteiger partial charge >= 0.3 is 0 Å². The van der Waals surface area contributed by atoms with Crippen LogP contribution in [-0.4, -0.2) is 11.3 Å². The van der Waals surface area contributed by atoms with Crippen LogP contribution in [-0.2, 0) is 0 Å². The molecule has 0 aliphatic carbocycles. The van der Waals surface area contributed by atoms with E-state index in [1.54, 1.807) is 18.2 Å². The lowest BCUT2D eigenvalue weighted by Crippen LogP contribution is -1.96. The molecule has 2 rings (SSSR count). The predicted molar refractivity (Wildman–Crippen MR) is 74.5 cm³/mol. The zero-order valence-corrected chi connectivity index (χ0v) is 11.2. The number of hydrogen-bond donors (Lipinski definition) is 1. The molecule has 0 aliphatic heterocycles. The summed E-state index contributed by atoms with van der Waals surface area (Å²) in [4.78, 5) is 14.7. The molecule has 18 heavy (non-hydrogen) atoms. The number of carbonyl (C=O) groups excluding carboxylic acids is 1. The van der Waals surface area contributed by atoms with E-state index in [0.29, 0.717) is 28.0 Å². The van der Waals surface area contributed by atoms with E-state index in [1.807, 2.05) is 0 Å². The second kappa shape index (κ2) is 5.14. The first-order valence-corrected chi connectivity index (χ1v) is 6.02. The van der Waals surface area contributed by atoms with Crippen molar-refractivity contribution in [3.8, 4) is 11.1 Å². The lowest BCUT2D eigenvalue weighted by atomic mass is 10.0. The van der Waals surface area contributed by atoms with Gasteiger partial charge in [0.25, 0.3) is 0 Å². The predicted octanol–water partition coefficient (Wildman–Crippen LogP) is 4.10. The van der Waals surface area contributed by atoms with Gasteiger partial charge in [0.1, 0.15) is 5.82 Å². The quantitative estimate of drug-likeness (QED) is 0.671. The third kappa shape index (κ3) is 2.29. The molecular weight excluding hydrogens is 295 g/mol. The summed E-state index contributed by atoms with van der Waals surface area (Å²) in [6, 6.07) is 4.89. The molecule has 0 amide bonds. The second-order valence-corrected chi connectivity index (χ2v) is 4.71. The highest BCUT2D eigenvalue weighted by molar-refractivity contribution is 6.49. The van der Waals surface area contributed by atoms with Crippen molar-refractivity contribution in [1.29, 1.82) is 0 Å². The van der Waals surface area contributed by atoms with Crippen molar-refractivity contribution in [3.63, 3.8) is 0 Å². The van der Waals surface area contributed by atoms with Gasteiger partial charge in [0.05, 0.1) is 15.1 Å². The maximum absolute atomic E-state index is 10.7. The Morgan fingerprint density at radius 3 is 2.50 bits per heavy atom. The van der Waals surface area contributed by atoms with Gasteiger partial charge in [-0.3, -0.25) is 4.79 Å². The number of halogens is 3. The average Bonchev–Trinajstić information content (AvgIpc) is 2.37. The summed E-state index contributed by atoms with van der Waals surface area (Å²) in [6.07, 6.45) is 2.07. The zero-order chi connectivity index (χ0) is 13.3. The number of anilines is 1. The number of rotatable bonds is 2. The smallest absolute Gasteiger partial charge is 0.151 e. The third-order valence-electron chi connectivity index (χ3n) is 2.40. The van der Waals surface area contributed by atoms with Crippen LogP contribution in [0.2, 0.25) is 15.1 Å². The van der Waals surface area contributed by atoms with Crippen LogP contribution in [0.1, 0.15) is 10.4 Å². The van der Waals surface area contributed by atoms with Crippen molar-refractivity contribution in [2.24, 2.45) is 0 Å². The van der Waals surface area contributed by atoms with E-state index in [0.717, 1.165) is 0 Å². The number of nitrogen functional groups attached to an aromatic ring is 1. The van der Waals surface area contributed by atoms with Crippen molar-refractivity contribution in [3.05, 3.63) is 45.0 Å². The van der Waals surface area contributed by atoms with E-state index in [4.69, 9.17) is 40.5 Å². The van der Waals surface area contributed by atoms with Crippen LogP contribution in [0.4, 0.5) is 5.82 Å². The average molecular weight is 302 g/mol. The number of nitrogens with zero attached hydrogens (tertiary/aromatic N) is 1. The van der Waals surface area contributed by atoms with E-state index < -0.39 is 0 Å². The van der Waals surface area contributed by atoms with Crippen LogP contribution in [0.15, 0.2) is 24.4 Å². The van der Waals surface area contributed by atoms with E-state index in [1.165, 1.54) is 6.20 Å². The van der Waals surface area contributed by atoms with Crippen LogP contribution in [0.25, 0.3) is 11.1 Å². The molecule has 0 fully saturated rings. The van der Waals surface area contributed by atoms with Crippen molar-refractivity contribution in [1.82, 2.24) is 4.98 Å². The minimum absolute atomic E-state index is 0.242. The molecule has 0 bridgehead atoms. The van der Waals surface area contributed by atoms with Crippen molar-refractivity contribution < 1.29 is 4.79 Å². The molecule has 0 spiro atoms. The molecule has 0 saturated heterocycles. The first-order chi connectivity index (χ1) is 8.54. The van der Waals surface area contributed by atoms with Gasteiger partial charge in [-0.05, 0) is 12.1 Å². The van der Waals surface area contributed by atoms with E-state index >= 15 is 0 Å². The number of benzene rings is 1. The largest absolute Gasteiger partial charge is 0.383 e. The summed E-state index contributed by atoms with van der Waals surface area (Å²) < 4.78 is 0. The first kappa shape index (κ1) is 13.1. The SMILES string of the molecule is Nc1ncc(C=O)cc1-c1ccc(Cl)c(Cl)c1Cl. The molecule has 1 aromatic carbocycles. The Labute approximate surface area is 118 Å². The number of nitrogens with two attached hydrogens (primary N) is 1. The van der Waals surface area contributed by atoms with Gasteiger partial charge < -0.3 is 5.73 Å². The van der Waals surface area contributed by atoms with Gasteiger partial charge in [0.15, 0.2) is 6.29 Å². The number of carbonyl (C=O) groups is 1. The minimum atomic E-state index is 0.242. The van der Waals surface area contributed by atoms with E-state index in [-0.39, 0.29) is 15.9 Å². The Hall–Kier alpha value is -1.29. The Morgan fingerprint density at radius 1 is 1.11 bits per heavy atom. The highest BCUT2D eigenvalue weighted by Crippen LogP contribution is 2.39. The Kier molecular flexibility index (Phi) is 3.76. The summed E-state index contributed by atoms with van der Waals surface area (Å²) >= 11 is 17.9. The summed E-state index contributed by atoms with van der Waals surface area (Å²) in [6.45, 7) is 0. The number of aromatic nitrogens is 1. The lowest BCUT2D eigenvalue weighted by molar-refractivity contribution is 0.112. The van der Waals surface area contributed by atoms with Crippen molar-refractivity contribution >= 4 is 46.9 Å². The zero-order valence-electron chi connectivity index (χ0n) is 8.95. The third-order valence-corrected chi connectivity index (χ3v) is 3.69. The molecule has 0 saturated carbocycles.